The molecule has 0 unspecified atom stereocenters. The zero-order valence-electron chi connectivity index (χ0n) is 10.5. The Balaban J connectivity index is 2.28. The standard InChI is InChI=1S/C13H19N3O2/c1-15-12-7-9(14)4-5-11(12)13(18)16-6-2-3-10(16)8-17/h4-5,7,10,15,17H,2-3,6,8,14H2,1H3/t10-/m0/s1. The van der Waals surface area contributed by atoms with Crippen molar-refractivity contribution in [2.45, 2.75) is 18.9 Å². The molecule has 1 aromatic rings. The highest BCUT2D eigenvalue weighted by atomic mass is 16.3. The molecule has 0 bridgehead atoms. The molecule has 0 radical (unpaired) electrons. The summed E-state index contributed by atoms with van der Waals surface area (Å²) in [7, 11) is 1.76. The topological polar surface area (TPSA) is 78.6 Å². The molecule has 0 spiro atoms. The third-order valence-corrected chi connectivity index (χ3v) is 3.39. The van der Waals surface area contributed by atoms with Gasteiger partial charge in [0.15, 0.2) is 0 Å². The van der Waals surface area contributed by atoms with Crippen molar-refractivity contribution in [3.8, 4) is 0 Å². The number of nitrogen functional groups attached to an aromatic ring is 1. The number of rotatable bonds is 3. The summed E-state index contributed by atoms with van der Waals surface area (Å²) in [6.45, 7) is 0.729. The van der Waals surface area contributed by atoms with E-state index in [0.717, 1.165) is 18.5 Å². The SMILES string of the molecule is CNc1cc(N)ccc1C(=O)N1CCC[C@H]1CO. The number of hydrogen-bond donors (Lipinski definition) is 3. The monoisotopic (exact) mass is 249 g/mol. The first-order valence-corrected chi connectivity index (χ1v) is 6.16. The summed E-state index contributed by atoms with van der Waals surface area (Å²) in [6.07, 6.45) is 1.81. The summed E-state index contributed by atoms with van der Waals surface area (Å²) in [5, 5.41) is 12.3. The van der Waals surface area contributed by atoms with Gasteiger partial charge >= 0.3 is 0 Å². The molecule has 1 aliphatic rings. The lowest BCUT2D eigenvalue weighted by atomic mass is 10.1. The minimum Gasteiger partial charge on any atom is -0.399 e. The van der Waals surface area contributed by atoms with Gasteiger partial charge in [0.2, 0.25) is 0 Å². The van der Waals surface area contributed by atoms with Crippen LogP contribution in [0.15, 0.2) is 18.2 Å². The Hall–Kier alpha value is -1.75. The second-order valence-electron chi connectivity index (χ2n) is 4.53. The second-order valence-corrected chi connectivity index (χ2v) is 4.53. The number of nitrogens with two attached hydrogens (primary N) is 1. The Bertz CT molecular complexity index is 448. The molecule has 98 valence electrons. The zero-order valence-corrected chi connectivity index (χ0v) is 10.5. The first kappa shape index (κ1) is 12.7. The van der Waals surface area contributed by atoms with E-state index in [0.29, 0.717) is 17.8 Å². The van der Waals surface area contributed by atoms with E-state index in [1.54, 1.807) is 30.1 Å². The molecule has 1 aliphatic heterocycles. The number of carbonyl (C=O) groups excluding carboxylic acids is 1. The Morgan fingerprint density at radius 3 is 3.06 bits per heavy atom. The summed E-state index contributed by atoms with van der Waals surface area (Å²) < 4.78 is 0. The minimum atomic E-state index is -0.0558. The maximum absolute atomic E-state index is 12.4. The van der Waals surface area contributed by atoms with Gasteiger partial charge in [0.1, 0.15) is 0 Å². The van der Waals surface area contributed by atoms with E-state index in [-0.39, 0.29) is 18.6 Å². The third kappa shape index (κ3) is 2.26. The number of benzene rings is 1. The van der Waals surface area contributed by atoms with E-state index in [4.69, 9.17) is 5.73 Å². The van der Waals surface area contributed by atoms with Crippen LogP contribution in [-0.4, -0.2) is 42.2 Å². The maximum atomic E-state index is 12.4. The fraction of sp³-hybridized carbons (Fsp3) is 0.462. The van der Waals surface area contributed by atoms with Gasteiger partial charge in [0.05, 0.1) is 18.2 Å². The molecule has 0 aromatic heterocycles. The smallest absolute Gasteiger partial charge is 0.256 e. The lowest BCUT2D eigenvalue weighted by Crippen LogP contribution is -2.37. The van der Waals surface area contributed by atoms with E-state index in [9.17, 15) is 9.90 Å². The Morgan fingerprint density at radius 2 is 2.39 bits per heavy atom. The third-order valence-electron chi connectivity index (χ3n) is 3.39. The first-order chi connectivity index (χ1) is 8.67. The minimum absolute atomic E-state index is 0.0234. The van der Waals surface area contributed by atoms with Gasteiger partial charge in [-0.15, -0.1) is 0 Å². The lowest BCUT2D eigenvalue weighted by Gasteiger charge is -2.24. The van der Waals surface area contributed by atoms with Crippen molar-refractivity contribution in [2.24, 2.45) is 0 Å². The van der Waals surface area contributed by atoms with Crippen molar-refractivity contribution in [1.82, 2.24) is 4.90 Å². The van der Waals surface area contributed by atoms with Crippen LogP contribution >= 0.6 is 0 Å². The van der Waals surface area contributed by atoms with Crippen molar-refractivity contribution in [3.05, 3.63) is 23.8 Å². The fourth-order valence-electron chi connectivity index (χ4n) is 2.40. The number of anilines is 2. The van der Waals surface area contributed by atoms with Crippen molar-refractivity contribution < 1.29 is 9.90 Å². The van der Waals surface area contributed by atoms with Crippen LogP contribution in [0.25, 0.3) is 0 Å². The molecule has 1 amide bonds. The summed E-state index contributed by atoms with van der Waals surface area (Å²) in [5.74, 6) is -0.0455. The highest BCUT2D eigenvalue weighted by Crippen LogP contribution is 2.25. The van der Waals surface area contributed by atoms with E-state index >= 15 is 0 Å². The molecule has 0 saturated carbocycles. The highest BCUT2D eigenvalue weighted by Gasteiger charge is 2.29. The van der Waals surface area contributed by atoms with Crippen molar-refractivity contribution in [3.63, 3.8) is 0 Å². The molecule has 1 fully saturated rings. The molecule has 1 heterocycles. The van der Waals surface area contributed by atoms with E-state index in [2.05, 4.69) is 5.32 Å². The van der Waals surface area contributed by atoms with Gasteiger partial charge in [-0.25, -0.2) is 0 Å². The van der Waals surface area contributed by atoms with Crippen LogP contribution < -0.4 is 11.1 Å². The quantitative estimate of drug-likeness (QED) is 0.696. The zero-order chi connectivity index (χ0) is 13.1. The van der Waals surface area contributed by atoms with Gasteiger partial charge in [-0.05, 0) is 31.0 Å². The van der Waals surface area contributed by atoms with Gasteiger partial charge in [-0.2, -0.15) is 0 Å². The predicted molar refractivity (Wildman–Crippen MR) is 71.5 cm³/mol. The molecule has 2 rings (SSSR count). The average molecular weight is 249 g/mol. The number of aliphatic hydroxyl groups excluding tert-OH is 1. The molecular weight excluding hydrogens is 230 g/mol. The molecule has 1 saturated heterocycles. The van der Waals surface area contributed by atoms with Gasteiger partial charge in [-0.1, -0.05) is 0 Å². The van der Waals surface area contributed by atoms with Crippen LogP contribution in [0.4, 0.5) is 11.4 Å². The largest absolute Gasteiger partial charge is 0.399 e. The summed E-state index contributed by atoms with van der Waals surface area (Å²) >= 11 is 0. The summed E-state index contributed by atoms with van der Waals surface area (Å²) in [6, 6.07) is 5.14. The van der Waals surface area contributed by atoms with Crippen molar-refractivity contribution >= 4 is 17.3 Å². The van der Waals surface area contributed by atoms with Gasteiger partial charge in [0, 0.05) is 25.0 Å². The second kappa shape index (κ2) is 5.27. The number of likely N-dealkylation sites (tertiary alicyclic amines) is 1. The number of nitrogens with zero attached hydrogens (tertiary/aromatic N) is 1. The Labute approximate surface area is 107 Å². The Morgan fingerprint density at radius 1 is 1.61 bits per heavy atom. The van der Waals surface area contributed by atoms with Gasteiger partial charge < -0.3 is 21.1 Å². The fourth-order valence-corrected chi connectivity index (χ4v) is 2.40. The van der Waals surface area contributed by atoms with Gasteiger partial charge in [-0.3, -0.25) is 4.79 Å². The lowest BCUT2D eigenvalue weighted by molar-refractivity contribution is 0.0678. The average Bonchev–Trinajstić information content (AvgIpc) is 2.86. The highest BCUT2D eigenvalue weighted by molar-refractivity contribution is 6.00. The number of aliphatic hydroxyl groups is 1. The maximum Gasteiger partial charge on any atom is 0.256 e. The number of nitrogens with one attached hydrogen (secondary N) is 1. The Kier molecular flexibility index (Phi) is 3.72. The number of carbonyl (C=O) groups is 1. The van der Waals surface area contributed by atoms with Crippen LogP contribution in [0.5, 0.6) is 0 Å². The van der Waals surface area contributed by atoms with E-state index < -0.39 is 0 Å². The van der Waals surface area contributed by atoms with E-state index in [1.165, 1.54) is 0 Å². The molecule has 1 aromatic carbocycles. The summed E-state index contributed by atoms with van der Waals surface area (Å²) in [5.41, 5.74) is 7.66. The summed E-state index contributed by atoms with van der Waals surface area (Å²) in [4.78, 5) is 14.2. The number of amides is 1. The molecule has 5 nitrogen and oxygen atoms in total. The molecule has 4 N–H and O–H groups in total. The number of hydrogen-bond acceptors (Lipinski definition) is 4. The van der Waals surface area contributed by atoms with Crippen LogP contribution in [0.2, 0.25) is 0 Å². The van der Waals surface area contributed by atoms with Crippen molar-refractivity contribution in [2.75, 3.05) is 31.2 Å². The molecular formula is C13H19N3O2. The van der Waals surface area contributed by atoms with Gasteiger partial charge in [0.25, 0.3) is 5.91 Å². The first-order valence-electron chi connectivity index (χ1n) is 6.16. The predicted octanol–water partition coefficient (Wildman–Crippen LogP) is 0.907. The van der Waals surface area contributed by atoms with Crippen LogP contribution in [0, 0.1) is 0 Å². The van der Waals surface area contributed by atoms with Crippen LogP contribution in [0.3, 0.4) is 0 Å². The normalized spacial score (nSPS) is 19.0. The molecule has 18 heavy (non-hydrogen) atoms. The van der Waals surface area contributed by atoms with E-state index in [1.807, 2.05) is 0 Å². The van der Waals surface area contributed by atoms with Crippen LogP contribution in [-0.2, 0) is 0 Å². The van der Waals surface area contributed by atoms with Crippen molar-refractivity contribution in [1.29, 1.82) is 0 Å². The molecule has 5 heteroatoms. The molecule has 0 aliphatic carbocycles. The van der Waals surface area contributed by atoms with Crippen LogP contribution in [0.1, 0.15) is 23.2 Å². The molecule has 1 atom stereocenters.